The Morgan fingerprint density at radius 1 is 0.833 bits per heavy atom. The normalized spacial score (nSPS) is 13.0. The molecule has 0 fully saturated rings. The summed E-state index contributed by atoms with van der Waals surface area (Å²) in [7, 11) is 1.66. The van der Waals surface area contributed by atoms with Crippen molar-refractivity contribution < 1.29 is 18.7 Å². The molecule has 0 aliphatic rings. The van der Waals surface area contributed by atoms with Gasteiger partial charge < -0.3 is 14.8 Å². The lowest BCUT2D eigenvalue weighted by molar-refractivity contribution is 0.0377. The number of benzene rings is 4. The van der Waals surface area contributed by atoms with Gasteiger partial charge in [0.25, 0.3) is 0 Å². The van der Waals surface area contributed by atoms with Crippen LogP contribution in [0.3, 0.4) is 0 Å². The number of carbonyl (C=O) groups excluding carboxylic acids is 1. The van der Waals surface area contributed by atoms with E-state index in [2.05, 4.69) is 37.4 Å². The summed E-state index contributed by atoms with van der Waals surface area (Å²) in [6.07, 6.45) is -0.285. The Hall–Kier alpha value is -3.70. The van der Waals surface area contributed by atoms with Crippen molar-refractivity contribution in [1.29, 1.82) is 0 Å². The third kappa shape index (κ3) is 5.74. The molecule has 0 aromatic heterocycles. The first-order chi connectivity index (χ1) is 17.2. The molecule has 1 N–H and O–H groups in total. The number of nitrogens with one attached hydrogen (secondary N) is 1. The van der Waals surface area contributed by atoms with E-state index in [9.17, 15) is 9.18 Å². The summed E-state index contributed by atoms with van der Waals surface area (Å²) in [6.45, 7) is 7.78. The number of methoxy groups -OCH3 is 1. The monoisotopic (exact) mass is 485 g/mol. The molecule has 0 saturated heterocycles. The molecule has 0 saturated carbocycles. The SMILES string of the molecule is COc1cccc([C@@H](C)NC(C)c2cc(-c3cc(F)cc(C(=O)OC(C)C)c3)c3ccccc3c2)c1. The van der Waals surface area contributed by atoms with E-state index in [4.69, 9.17) is 9.47 Å². The van der Waals surface area contributed by atoms with E-state index in [1.807, 2.05) is 42.5 Å². The van der Waals surface area contributed by atoms with Crippen molar-refractivity contribution in [1.82, 2.24) is 5.32 Å². The third-order valence-electron chi connectivity index (χ3n) is 6.27. The minimum Gasteiger partial charge on any atom is -0.497 e. The molecular formula is C31H32FNO3. The molecule has 1 unspecified atom stereocenters. The van der Waals surface area contributed by atoms with Gasteiger partial charge in [-0.1, -0.05) is 36.4 Å². The van der Waals surface area contributed by atoms with Crippen LogP contribution in [0.1, 0.15) is 61.3 Å². The Kier molecular flexibility index (Phi) is 7.70. The number of hydrogen-bond donors (Lipinski definition) is 1. The Morgan fingerprint density at radius 2 is 1.58 bits per heavy atom. The zero-order chi connectivity index (χ0) is 25.8. The molecule has 5 heteroatoms. The zero-order valence-corrected chi connectivity index (χ0v) is 21.3. The fraction of sp³-hybridized carbons (Fsp3) is 0.258. The van der Waals surface area contributed by atoms with Crippen LogP contribution < -0.4 is 10.1 Å². The largest absolute Gasteiger partial charge is 0.497 e. The van der Waals surface area contributed by atoms with Gasteiger partial charge >= 0.3 is 5.97 Å². The van der Waals surface area contributed by atoms with E-state index in [0.29, 0.717) is 5.56 Å². The van der Waals surface area contributed by atoms with Gasteiger partial charge in [-0.2, -0.15) is 0 Å². The minimum atomic E-state index is -0.534. The van der Waals surface area contributed by atoms with E-state index in [1.165, 1.54) is 12.1 Å². The van der Waals surface area contributed by atoms with Crippen LogP contribution >= 0.6 is 0 Å². The maximum atomic E-state index is 14.7. The molecule has 0 heterocycles. The smallest absolute Gasteiger partial charge is 0.338 e. The van der Waals surface area contributed by atoms with E-state index in [1.54, 1.807) is 27.0 Å². The number of rotatable bonds is 8. The van der Waals surface area contributed by atoms with E-state index in [-0.39, 0.29) is 23.8 Å². The summed E-state index contributed by atoms with van der Waals surface area (Å²) in [5.41, 5.74) is 3.89. The second-order valence-electron chi connectivity index (χ2n) is 9.36. The Labute approximate surface area is 212 Å². The molecule has 4 nitrogen and oxygen atoms in total. The highest BCUT2D eigenvalue weighted by molar-refractivity contribution is 5.99. The molecule has 0 bridgehead atoms. The van der Waals surface area contributed by atoms with Crippen LogP contribution in [0.2, 0.25) is 0 Å². The van der Waals surface area contributed by atoms with Gasteiger partial charge in [0.2, 0.25) is 0 Å². The van der Waals surface area contributed by atoms with Crippen molar-refractivity contribution in [3.05, 3.63) is 101 Å². The molecule has 0 amide bonds. The highest BCUT2D eigenvalue weighted by atomic mass is 19.1. The van der Waals surface area contributed by atoms with Gasteiger partial charge in [0.05, 0.1) is 18.8 Å². The van der Waals surface area contributed by atoms with Crippen molar-refractivity contribution in [2.24, 2.45) is 0 Å². The van der Waals surface area contributed by atoms with Crippen molar-refractivity contribution >= 4 is 16.7 Å². The molecule has 2 atom stereocenters. The van der Waals surface area contributed by atoms with Gasteiger partial charge in [0.15, 0.2) is 0 Å². The van der Waals surface area contributed by atoms with Crippen molar-refractivity contribution in [2.75, 3.05) is 7.11 Å². The summed E-state index contributed by atoms with van der Waals surface area (Å²) in [6, 6.07) is 24.7. The van der Waals surface area contributed by atoms with Crippen molar-refractivity contribution in [2.45, 2.75) is 45.9 Å². The number of hydrogen-bond acceptors (Lipinski definition) is 4. The van der Waals surface area contributed by atoms with Gasteiger partial charge in [0.1, 0.15) is 11.6 Å². The predicted molar refractivity (Wildman–Crippen MR) is 143 cm³/mol. The fourth-order valence-electron chi connectivity index (χ4n) is 4.45. The van der Waals surface area contributed by atoms with Gasteiger partial charge in [-0.25, -0.2) is 9.18 Å². The minimum absolute atomic E-state index is 0.00786. The Bertz CT molecular complexity index is 1380. The van der Waals surface area contributed by atoms with E-state index >= 15 is 0 Å². The topological polar surface area (TPSA) is 47.6 Å². The summed E-state index contributed by atoms with van der Waals surface area (Å²) in [5.74, 6) is -0.191. The molecular weight excluding hydrogens is 453 g/mol. The number of carbonyl (C=O) groups is 1. The fourth-order valence-corrected chi connectivity index (χ4v) is 4.45. The van der Waals surface area contributed by atoms with Gasteiger partial charge in [-0.05, 0) is 103 Å². The Balaban J connectivity index is 1.73. The van der Waals surface area contributed by atoms with Crippen LogP contribution in [-0.2, 0) is 4.74 Å². The molecule has 0 aliphatic carbocycles. The van der Waals surface area contributed by atoms with E-state index < -0.39 is 11.8 Å². The lowest BCUT2D eigenvalue weighted by Crippen LogP contribution is -2.22. The van der Waals surface area contributed by atoms with Crippen LogP contribution in [0, 0.1) is 5.82 Å². The van der Waals surface area contributed by atoms with Crippen LogP contribution in [0.15, 0.2) is 78.9 Å². The molecule has 4 rings (SSSR count). The lowest BCUT2D eigenvalue weighted by atomic mass is 9.92. The number of esters is 1. The molecule has 4 aromatic rings. The molecule has 0 aliphatic heterocycles. The Morgan fingerprint density at radius 3 is 2.33 bits per heavy atom. The average molecular weight is 486 g/mol. The highest BCUT2D eigenvalue weighted by Crippen LogP contribution is 2.34. The number of halogens is 1. The average Bonchev–Trinajstić information content (AvgIpc) is 2.87. The first-order valence-corrected chi connectivity index (χ1v) is 12.2. The zero-order valence-electron chi connectivity index (χ0n) is 21.3. The molecule has 186 valence electrons. The van der Waals surface area contributed by atoms with Gasteiger partial charge in [-0.3, -0.25) is 0 Å². The maximum Gasteiger partial charge on any atom is 0.338 e. The predicted octanol–water partition coefficient (Wildman–Crippen LogP) is 7.63. The standard InChI is InChI=1S/C31H32FNO3/c1-19(2)36-31(34)26-14-25(15-27(32)16-26)30-18-24(13-23-9-6-7-12-29(23)30)21(4)33-20(3)22-10-8-11-28(17-22)35-5/h6-21,33H,1-5H3/t20-,21?/m1/s1. The van der Waals surface area contributed by atoms with Crippen molar-refractivity contribution in [3.63, 3.8) is 0 Å². The first kappa shape index (κ1) is 25.4. The summed E-state index contributed by atoms with van der Waals surface area (Å²) in [5, 5.41) is 5.70. The highest BCUT2D eigenvalue weighted by Gasteiger charge is 2.17. The van der Waals surface area contributed by atoms with Crippen LogP contribution in [0.4, 0.5) is 4.39 Å². The molecule has 4 aromatic carbocycles. The van der Waals surface area contributed by atoms with E-state index in [0.717, 1.165) is 33.2 Å². The second kappa shape index (κ2) is 10.9. The quantitative estimate of drug-likeness (QED) is 0.261. The molecule has 0 spiro atoms. The number of ether oxygens (including phenoxy) is 2. The lowest BCUT2D eigenvalue weighted by Gasteiger charge is -2.22. The van der Waals surface area contributed by atoms with Crippen molar-refractivity contribution in [3.8, 4) is 16.9 Å². The van der Waals surface area contributed by atoms with Crippen LogP contribution in [0.25, 0.3) is 21.9 Å². The third-order valence-corrected chi connectivity index (χ3v) is 6.27. The van der Waals surface area contributed by atoms with Gasteiger partial charge in [-0.15, -0.1) is 0 Å². The summed E-state index contributed by atoms with van der Waals surface area (Å²) >= 11 is 0. The van der Waals surface area contributed by atoms with Crippen LogP contribution in [-0.4, -0.2) is 19.2 Å². The first-order valence-electron chi connectivity index (χ1n) is 12.2. The summed E-state index contributed by atoms with van der Waals surface area (Å²) < 4.78 is 25.3. The maximum absolute atomic E-state index is 14.7. The molecule has 36 heavy (non-hydrogen) atoms. The summed E-state index contributed by atoms with van der Waals surface area (Å²) in [4.78, 5) is 12.5. The van der Waals surface area contributed by atoms with Crippen LogP contribution in [0.5, 0.6) is 5.75 Å². The second-order valence-corrected chi connectivity index (χ2v) is 9.36. The van der Waals surface area contributed by atoms with Gasteiger partial charge in [0, 0.05) is 12.1 Å². The molecule has 0 radical (unpaired) electrons. The number of fused-ring (bicyclic) bond motifs is 1.